The Morgan fingerprint density at radius 2 is 1.93 bits per heavy atom. The van der Waals surface area contributed by atoms with Crippen LogP contribution >= 0.6 is 11.8 Å². The molecule has 6 nitrogen and oxygen atoms in total. The largest absolute Gasteiger partial charge is 0.325 e. The molecule has 2 heterocycles. The zero-order valence-electron chi connectivity index (χ0n) is 16.8. The summed E-state index contributed by atoms with van der Waals surface area (Å²) >= 11 is 1.46. The van der Waals surface area contributed by atoms with Gasteiger partial charge in [0.1, 0.15) is 5.25 Å². The lowest BCUT2D eigenvalue weighted by Gasteiger charge is -2.33. The molecule has 150 valence electrons. The molecule has 1 aliphatic rings. The molecule has 2 atom stereocenters. The summed E-state index contributed by atoms with van der Waals surface area (Å²) in [6, 6.07) is 15.8. The van der Waals surface area contributed by atoms with Gasteiger partial charge in [0.15, 0.2) is 5.82 Å². The minimum absolute atomic E-state index is 0.0451. The number of aromatic nitrogens is 3. The van der Waals surface area contributed by atoms with Crippen molar-refractivity contribution in [3.05, 3.63) is 71.0 Å². The van der Waals surface area contributed by atoms with E-state index in [1.54, 1.807) is 0 Å². The number of hydrogen-bond acceptors (Lipinski definition) is 5. The van der Waals surface area contributed by atoms with Crippen LogP contribution in [0.3, 0.4) is 0 Å². The van der Waals surface area contributed by atoms with Crippen LogP contribution in [0.25, 0.3) is 0 Å². The average Bonchev–Trinajstić information content (AvgIpc) is 3.13. The Balaban J connectivity index is 1.67. The van der Waals surface area contributed by atoms with E-state index in [1.165, 1.54) is 11.8 Å². The molecule has 7 heteroatoms. The Bertz CT molecular complexity index is 1020. The number of nitrogens with one attached hydrogen (secondary N) is 2. The smallest absolute Gasteiger partial charge is 0.240 e. The number of nitrogens with zero attached hydrogens (tertiary/aromatic N) is 3. The van der Waals surface area contributed by atoms with Crippen molar-refractivity contribution in [3.63, 3.8) is 0 Å². The van der Waals surface area contributed by atoms with Gasteiger partial charge in [-0.2, -0.15) is 0 Å². The first kappa shape index (κ1) is 19.5. The summed E-state index contributed by atoms with van der Waals surface area (Å²) in [7, 11) is 0. The first-order valence-electron chi connectivity index (χ1n) is 9.88. The Labute approximate surface area is 175 Å². The summed E-state index contributed by atoms with van der Waals surface area (Å²) in [4.78, 5) is 13.3. The van der Waals surface area contributed by atoms with Crippen molar-refractivity contribution >= 4 is 23.4 Å². The topological polar surface area (TPSA) is 71.8 Å². The van der Waals surface area contributed by atoms with Crippen molar-refractivity contribution in [2.24, 2.45) is 0 Å². The van der Waals surface area contributed by atoms with E-state index in [0.717, 1.165) is 46.2 Å². The van der Waals surface area contributed by atoms with Gasteiger partial charge in [0.05, 0.1) is 6.04 Å². The maximum Gasteiger partial charge on any atom is 0.240 e. The molecular formula is C22H25N5OS. The van der Waals surface area contributed by atoms with Crippen molar-refractivity contribution in [3.8, 4) is 0 Å². The first-order chi connectivity index (χ1) is 14.1. The number of thioether (sulfide) groups is 1. The summed E-state index contributed by atoms with van der Waals surface area (Å²) in [6.07, 6.45) is 1.82. The number of aryl methyl sites for hydroxylation is 2. The maximum atomic E-state index is 13.3. The van der Waals surface area contributed by atoms with Crippen LogP contribution in [0.2, 0.25) is 0 Å². The summed E-state index contributed by atoms with van der Waals surface area (Å²) < 4.78 is 1.94. The lowest BCUT2D eigenvalue weighted by molar-refractivity contribution is -0.116. The Morgan fingerprint density at radius 1 is 1.14 bits per heavy atom. The van der Waals surface area contributed by atoms with Crippen LogP contribution in [0.5, 0.6) is 0 Å². The molecule has 0 radical (unpaired) electrons. The fraction of sp³-hybridized carbons (Fsp3) is 0.318. The number of rotatable bonds is 5. The zero-order valence-corrected chi connectivity index (χ0v) is 17.7. The lowest BCUT2D eigenvalue weighted by atomic mass is 10.0. The van der Waals surface area contributed by atoms with Gasteiger partial charge in [0.2, 0.25) is 11.1 Å². The first-order valence-corrected chi connectivity index (χ1v) is 10.8. The van der Waals surface area contributed by atoms with Crippen LogP contribution in [-0.4, -0.2) is 26.0 Å². The molecule has 0 fully saturated rings. The lowest BCUT2D eigenvalue weighted by Crippen LogP contribution is -2.41. The van der Waals surface area contributed by atoms with E-state index in [9.17, 15) is 4.79 Å². The van der Waals surface area contributed by atoms with Gasteiger partial charge in [0.25, 0.3) is 0 Å². The molecule has 29 heavy (non-hydrogen) atoms. The van der Waals surface area contributed by atoms with Crippen molar-refractivity contribution in [1.82, 2.24) is 14.9 Å². The highest BCUT2D eigenvalue weighted by molar-refractivity contribution is 8.00. The Hall–Kier alpha value is -2.80. The molecule has 0 spiro atoms. The van der Waals surface area contributed by atoms with E-state index in [2.05, 4.69) is 27.9 Å². The average molecular weight is 408 g/mol. The standard InChI is InChI=1S/C22H25N5OS/c1-4-9-18-24-25-22-27(18)26-19(16-11-6-5-7-12-16)20(29-22)21(28)23-17-13-8-10-14(2)15(17)3/h5-8,10-13,19-20,26H,4,9H2,1-3H3,(H,23,28). The van der Waals surface area contributed by atoms with E-state index < -0.39 is 0 Å². The van der Waals surface area contributed by atoms with Gasteiger partial charge < -0.3 is 10.7 Å². The van der Waals surface area contributed by atoms with Crippen LogP contribution in [-0.2, 0) is 11.2 Å². The monoisotopic (exact) mass is 407 g/mol. The molecule has 0 saturated carbocycles. The molecular weight excluding hydrogens is 382 g/mol. The molecule has 0 bridgehead atoms. The van der Waals surface area contributed by atoms with Crippen LogP contribution in [0, 0.1) is 13.8 Å². The molecule has 2 N–H and O–H groups in total. The quantitative estimate of drug-likeness (QED) is 0.662. The number of fused-ring (bicyclic) bond motifs is 1. The second kappa shape index (κ2) is 8.29. The van der Waals surface area contributed by atoms with E-state index in [0.29, 0.717) is 0 Å². The van der Waals surface area contributed by atoms with Gasteiger partial charge in [-0.15, -0.1) is 10.2 Å². The van der Waals surface area contributed by atoms with Crippen LogP contribution < -0.4 is 10.7 Å². The second-order valence-corrected chi connectivity index (χ2v) is 8.39. The van der Waals surface area contributed by atoms with Gasteiger partial charge in [-0.3, -0.25) is 4.79 Å². The Kier molecular flexibility index (Phi) is 5.58. The van der Waals surface area contributed by atoms with E-state index >= 15 is 0 Å². The predicted molar refractivity (Wildman–Crippen MR) is 117 cm³/mol. The molecule has 3 aromatic rings. The van der Waals surface area contributed by atoms with E-state index in [-0.39, 0.29) is 17.2 Å². The van der Waals surface area contributed by atoms with Crippen molar-refractivity contribution < 1.29 is 4.79 Å². The zero-order chi connectivity index (χ0) is 20.4. The number of benzene rings is 2. The summed E-state index contributed by atoms with van der Waals surface area (Å²) in [5, 5.41) is 12.1. The number of amides is 1. The van der Waals surface area contributed by atoms with Gasteiger partial charge >= 0.3 is 0 Å². The summed E-state index contributed by atoms with van der Waals surface area (Å²) in [5.74, 6) is 0.848. The van der Waals surface area contributed by atoms with Crippen molar-refractivity contribution in [2.75, 3.05) is 10.7 Å². The predicted octanol–water partition coefficient (Wildman–Crippen LogP) is 4.25. The molecule has 2 aromatic carbocycles. The normalized spacial score (nSPS) is 18.0. The molecule has 0 saturated heterocycles. The van der Waals surface area contributed by atoms with Gasteiger partial charge in [-0.25, -0.2) is 4.68 Å². The van der Waals surface area contributed by atoms with E-state index in [4.69, 9.17) is 0 Å². The van der Waals surface area contributed by atoms with Crippen molar-refractivity contribution in [2.45, 2.75) is 50.1 Å². The van der Waals surface area contributed by atoms with Crippen LogP contribution in [0.15, 0.2) is 53.7 Å². The molecule has 2 unspecified atom stereocenters. The molecule has 0 aliphatic carbocycles. The highest BCUT2D eigenvalue weighted by atomic mass is 32.2. The minimum atomic E-state index is -0.372. The minimum Gasteiger partial charge on any atom is -0.325 e. The highest BCUT2D eigenvalue weighted by Gasteiger charge is 2.37. The molecule has 4 rings (SSSR count). The number of carbonyl (C=O) groups excluding carboxylic acids is 1. The fourth-order valence-corrected chi connectivity index (χ4v) is 4.58. The number of carbonyl (C=O) groups is 1. The third-order valence-corrected chi connectivity index (χ3v) is 6.47. The van der Waals surface area contributed by atoms with Gasteiger partial charge in [0, 0.05) is 12.1 Å². The van der Waals surface area contributed by atoms with Crippen LogP contribution in [0.1, 0.15) is 41.9 Å². The number of hydrogen-bond donors (Lipinski definition) is 2. The van der Waals surface area contributed by atoms with Gasteiger partial charge in [-0.1, -0.05) is 61.2 Å². The highest BCUT2D eigenvalue weighted by Crippen LogP contribution is 2.37. The van der Waals surface area contributed by atoms with E-state index in [1.807, 2.05) is 67.1 Å². The molecule has 1 aromatic heterocycles. The second-order valence-electron chi connectivity index (χ2n) is 7.28. The molecule has 1 aliphatic heterocycles. The Morgan fingerprint density at radius 3 is 2.69 bits per heavy atom. The van der Waals surface area contributed by atoms with Gasteiger partial charge in [-0.05, 0) is 43.0 Å². The third-order valence-electron chi connectivity index (χ3n) is 5.26. The SMILES string of the molecule is CCCc1nnc2n1NC(c1ccccc1)C(C(=O)Nc1cccc(C)c1C)S2. The van der Waals surface area contributed by atoms with Crippen LogP contribution in [0.4, 0.5) is 5.69 Å². The number of anilines is 1. The van der Waals surface area contributed by atoms with Crippen molar-refractivity contribution in [1.29, 1.82) is 0 Å². The maximum absolute atomic E-state index is 13.3. The fourth-order valence-electron chi connectivity index (χ4n) is 3.49. The summed E-state index contributed by atoms with van der Waals surface area (Å²) in [5.41, 5.74) is 7.64. The third kappa shape index (κ3) is 3.87. The molecule has 1 amide bonds. The summed E-state index contributed by atoms with van der Waals surface area (Å²) in [6.45, 7) is 6.19.